The molecule has 0 aliphatic carbocycles. The number of benzene rings is 3. The lowest BCUT2D eigenvalue weighted by Crippen LogP contribution is -2.48. The van der Waals surface area contributed by atoms with Gasteiger partial charge in [0.15, 0.2) is 0 Å². The minimum absolute atomic E-state index is 0.138. The number of carbonyl (C=O) groups is 1. The fourth-order valence-electron chi connectivity index (χ4n) is 3.07. The van der Waals surface area contributed by atoms with Gasteiger partial charge in [0.25, 0.3) is 0 Å². The Morgan fingerprint density at radius 3 is 1.78 bits per heavy atom. The van der Waals surface area contributed by atoms with Crippen LogP contribution in [0.15, 0.2) is 91.0 Å². The van der Waals surface area contributed by atoms with Crippen molar-refractivity contribution in [2.75, 3.05) is 0 Å². The number of nitrogens with one attached hydrogen (secondary N) is 1. The van der Waals surface area contributed by atoms with E-state index in [1.54, 1.807) is 6.92 Å². The molecule has 0 fully saturated rings. The summed E-state index contributed by atoms with van der Waals surface area (Å²) in [4.78, 5) is 12.9. The third-order valence-electron chi connectivity index (χ3n) is 4.79. The molecule has 1 atom stereocenters. The summed E-state index contributed by atoms with van der Waals surface area (Å²) in [6.45, 7) is 4.22. The van der Waals surface area contributed by atoms with Gasteiger partial charge in [-0.1, -0.05) is 91.0 Å². The summed E-state index contributed by atoms with van der Waals surface area (Å²) in [6.07, 6.45) is -0.558. The van der Waals surface area contributed by atoms with Crippen LogP contribution in [0.25, 0.3) is 0 Å². The molecule has 3 aromatic rings. The molecule has 3 aromatic carbocycles. The van der Waals surface area contributed by atoms with Gasteiger partial charge >= 0.3 is 0 Å². The Kier molecular flexibility index (Phi) is 6.05. The first-order valence-corrected chi connectivity index (χ1v) is 9.18. The molecule has 0 aliphatic heterocycles. The normalized spacial score (nSPS) is 12.4. The Bertz CT molecular complexity index is 808. The van der Waals surface area contributed by atoms with Crippen LogP contribution in [-0.2, 0) is 21.7 Å². The van der Waals surface area contributed by atoms with E-state index in [1.165, 1.54) is 0 Å². The summed E-state index contributed by atoms with van der Waals surface area (Å²) in [7, 11) is 0. The first kappa shape index (κ1) is 18.9. The van der Waals surface area contributed by atoms with Crippen molar-refractivity contribution < 1.29 is 9.53 Å². The smallest absolute Gasteiger partial charge is 0.249 e. The Labute approximate surface area is 161 Å². The van der Waals surface area contributed by atoms with Crippen LogP contribution < -0.4 is 5.32 Å². The predicted octanol–water partition coefficient (Wildman–Crippen LogP) is 4.67. The Morgan fingerprint density at radius 2 is 1.30 bits per heavy atom. The van der Waals surface area contributed by atoms with Crippen LogP contribution in [0.1, 0.15) is 30.5 Å². The zero-order chi connectivity index (χ0) is 19.1. The quantitative estimate of drug-likeness (QED) is 0.666. The number of ether oxygens (including phenoxy) is 1. The lowest BCUT2D eigenvalue weighted by molar-refractivity contribution is -0.134. The van der Waals surface area contributed by atoms with Gasteiger partial charge < -0.3 is 10.1 Å². The van der Waals surface area contributed by atoms with Gasteiger partial charge in [0.05, 0.1) is 12.1 Å². The highest BCUT2D eigenvalue weighted by Crippen LogP contribution is 2.29. The number of rotatable bonds is 7. The largest absolute Gasteiger partial charge is 0.364 e. The van der Waals surface area contributed by atoms with Crippen LogP contribution in [0.5, 0.6) is 0 Å². The van der Waals surface area contributed by atoms with Crippen LogP contribution in [0.4, 0.5) is 0 Å². The Balaban J connectivity index is 1.77. The number of hydrogen-bond donors (Lipinski definition) is 1. The fourth-order valence-corrected chi connectivity index (χ4v) is 3.07. The summed E-state index contributed by atoms with van der Waals surface area (Å²) in [5.74, 6) is -0.138. The van der Waals surface area contributed by atoms with E-state index in [0.29, 0.717) is 6.61 Å². The van der Waals surface area contributed by atoms with Crippen molar-refractivity contribution in [1.82, 2.24) is 5.32 Å². The van der Waals surface area contributed by atoms with Crippen molar-refractivity contribution in [2.45, 2.75) is 32.1 Å². The molecule has 1 amide bonds. The van der Waals surface area contributed by atoms with E-state index in [2.05, 4.69) is 5.32 Å². The third-order valence-corrected chi connectivity index (χ3v) is 4.79. The molecule has 27 heavy (non-hydrogen) atoms. The molecule has 0 saturated carbocycles. The van der Waals surface area contributed by atoms with Gasteiger partial charge in [-0.3, -0.25) is 4.79 Å². The maximum absolute atomic E-state index is 12.9. The predicted molar refractivity (Wildman–Crippen MR) is 108 cm³/mol. The van der Waals surface area contributed by atoms with E-state index in [-0.39, 0.29) is 5.91 Å². The second kappa shape index (κ2) is 8.65. The third kappa shape index (κ3) is 4.63. The molecule has 0 saturated heterocycles. The molecule has 0 radical (unpaired) electrons. The highest BCUT2D eigenvalue weighted by molar-refractivity contribution is 5.82. The average molecular weight is 359 g/mol. The van der Waals surface area contributed by atoms with Gasteiger partial charge in [-0.2, -0.15) is 0 Å². The topological polar surface area (TPSA) is 38.3 Å². The highest BCUT2D eigenvalue weighted by atomic mass is 16.5. The summed E-state index contributed by atoms with van der Waals surface area (Å²) in [5.41, 5.74) is 2.47. The summed E-state index contributed by atoms with van der Waals surface area (Å²) in [6, 6.07) is 29.9. The summed E-state index contributed by atoms with van der Waals surface area (Å²) >= 11 is 0. The SMILES string of the molecule is CC(OCc1ccccc1)C(=O)NC(C)(c1ccccc1)c1ccccc1. The van der Waals surface area contributed by atoms with Gasteiger partial charge in [0.1, 0.15) is 6.10 Å². The standard InChI is InChI=1S/C24H25NO2/c1-19(27-18-20-12-6-3-7-13-20)23(26)25-24(2,21-14-8-4-9-15-21)22-16-10-5-11-17-22/h3-17,19H,18H2,1-2H3,(H,25,26). The second-order valence-electron chi connectivity index (χ2n) is 6.79. The van der Waals surface area contributed by atoms with E-state index in [0.717, 1.165) is 16.7 Å². The van der Waals surface area contributed by atoms with Crippen LogP contribution in [0.3, 0.4) is 0 Å². The molecule has 3 heteroatoms. The Hall–Kier alpha value is -2.91. The maximum atomic E-state index is 12.9. The molecule has 0 heterocycles. The molecule has 0 bridgehead atoms. The molecular formula is C24H25NO2. The highest BCUT2D eigenvalue weighted by Gasteiger charge is 2.32. The zero-order valence-corrected chi connectivity index (χ0v) is 15.8. The molecule has 1 unspecified atom stereocenters. The van der Waals surface area contributed by atoms with Gasteiger partial charge in [0, 0.05) is 0 Å². The molecule has 3 nitrogen and oxygen atoms in total. The van der Waals surface area contributed by atoms with E-state index >= 15 is 0 Å². The first-order valence-electron chi connectivity index (χ1n) is 9.18. The van der Waals surface area contributed by atoms with Crippen molar-refractivity contribution in [3.63, 3.8) is 0 Å². The van der Waals surface area contributed by atoms with E-state index < -0.39 is 11.6 Å². The van der Waals surface area contributed by atoms with E-state index in [1.807, 2.05) is 97.9 Å². The van der Waals surface area contributed by atoms with Gasteiger partial charge in [-0.05, 0) is 30.5 Å². The molecule has 0 spiro atoms. The van der Waals surface area contributed by atoms with E-state index in [9.17, 15) is 4.79 Å². The zero-order valence-electron chi connectivity index (χ0n) is 15.8. The van der Waals surface area contributed by atoms with Crippen molar-refractivity contribution in [1.29, 1.82) is 0 Å². The number of amides is 1. The van der Waals surface area contributed by atoms with Gasteiger partial charge in [-0.15, -0.1) is 0 Å². The van der Waals surface area contributed by atoms with Crippen LogP contribution in [0, 0.1) is 0 Å². The molecule has 0 aliphatic rings. The number of carbonyl (C=O) groups excluding carboxylic acids is 1. The monoisotopic (exact) mass is 359 g/mol. The van der Waals surface area contributed by atoms with Crippen LogP contribution >= 0.6 is 0 Å². The summed E-state index contributed by atoms with van der Waals surface area (Å²) < 4.78 is 5.80. The molecule has 3 rings (SSSR count). The average Bonchev–Trinajstić information content (AvgIpc) is 2.74. The molecule has 0 aromatic heterocycles. The van der Waals surface area contributed by atoms with Gasteiger partial charge in [0.2, 0.25) is 5.91 Å². The molecule has 1 N–H and O–H groups in total. The van der Waals surface area contributed by atoms with Crippen molar-refractivity contribution >= 4 is 5.91 Å². The summed E-state index contributed by atoms with van der Waals surface area (Å²) in [5, 5.41) is 3.20. The minimum atomic E-state index is -0.635. The second-order valence-corrected chi connectivity index (χ2v) is 6.79. The Morgan fingerprint density at radius 1 is 0.852 bits per heavy atom. The molecule has 138 valence electrons. The minimum Gasteiger partial charge on any atom is -0.364 e. The van der Waals surface area contributed by atoms with Crippen LogP contribution in [0.2, 0.25) is 0 Å². The van der Waals surface area contributed by atoms with Crippen LogP contribution in [-0.4, -0.2) is 12.0 Å². The van der Waals surface area contributed by atoms with Gasteiger partial charge in [-0.25, -0.2) is 0 Å². The van der Waals surface area contributed by atoms with E-state index in [4.69, 9.17) is 4.74 Å². The van der Waals surface area contributed by atoms with Crippen molar-refractivity contribution in [2.24, 2.45) is 0 Å². The first-order chi connectivity index (χ1) is 13.1. The lowest BCUT2D eigenvalue weighted by atomic mass is 9.84. The number of hydrogen-bond acceptors (Lipinski definition) is 2. The van der Waals surface area contributed by atoms with Crippen molar-refractivity contribution in [3.05, 3.63) is 108 Å². The lowest BCUT2D eigenvalue weighted by Gasteiger charge is -2.33. The molecular weight excluding hydrogens is 334 g/mol. The van der Waals surface area contributed by atoms with Crippen molar-refractivity contribution in [3.8, 4) is 0 Å². The maximum Gasteiger partial charge on any atom is 0.249 e. The fraction of sp³-hybridized carbons (Fsp3) is 0.208.